The van der Waals surface area contributed by atoms with E-state index in [0.29, 0.717) is 0 Å². The maximum Gasteiger partial charge on any atom is 0.422 e. The molecule has 9 heteroatoms. The van der Waals surface area contributed by atoms with Gasteiger partial charge in [0.1, 0.15) is 5.82 Å². The third-order valence-electron chi connectivity index (χ3n) is 2.37. The van der Waals surface area contributed by atoms with Gasteiger partial charge in [0.25, 0.3) is 0 Å². The molecule has 1 aromatic carbocycles. The number of carbonyl (C=O) groups is 1. The number of rotatable bonds is 4. The van der Waals surface area contributed by atoms with Crippen molar-refractivity contribution in [3.8, 4) is 11.4 Å². The SMILES string of the molecule is O=C(O)c1nn(-c2ccc(F)cc2)cc1OCC(F)(F)F. The standard InChI is InChI=1S/C12H8F4N2O3/c13-7-1-3-8(4-2-7)18-5-9(10(17-18)11(19)20)21-6-12(14,15)16/h1-5H,6H2,(H,19,20). The topological polar surface area (TPSA) is 64.3 Å². The second-order valence-corrected chi connectivity index (χ2v) is 3.97. The first-order chi connectivity index (χ1) is 9.76. The van der Waals surface area contributed by atoms with Crippen molar-refractivity contribution in [2.45, 2.75) is 6.18 Å². The summed E-state index contributed by atoms with van der Waals surface area (Å²) in [7, 11) is 0. The Morgan fingerprint density at radius 3 is 2.43 bits per heavy atom. The molecule has 0 fully saturated rings. The predicted octanol–water partition coefficient (Wildman–Crippen LogP) is 2.65. The van der Waals surface area contributed by atoms with Gasteiger partial charge >= 0.3 is 12.1 Å². The molecule has 0 saturated carbocycles. The maximum atomic E-state index is 12.8. The molecule has 0 aliphatic carbocycles. The van der Waals surface area contributed by atoms with Crippen molar-refractivity contribution in [3.63, 3.8) is 0 Å². The number of carboxylic acids is 1. The fourth-order valence-corrected chi connectivity index (χ4v) is 1.50. The number of carboxylic acid groups (broad SMARTS) is 1. The molecule has 2 aromatic rings. The average Bonchev–Trinajstić information content (AvgIpc) is 2.81. The lowest BCUT2D eigenvalue weighted by molar-refractivity contribution is -0.153. The summed E-state index contributed by atoms with van der Waals surface area (Å²) < 4.78 is 54.5. The largest absolute Gasteiger partial charge is 0.480 e. The predicted molar refractivity (Wildman–Crippen MR) is 62.0 cm³/mol. The van der Waals surface area contributed by atoms with Gasteiger partial charge in [0.05, 0.1) is 11.9 Å². The van der Waals surface area contributed by atoms with Crippen molar-refractivity contribution in [1.82, 2.24) is 9.78 Å². The molecule has 0 amide bonds. The summed E-state index contributed by atoms with van der Waals surface area (Å²) in [6.07, 6.45) is -3.61. The van der Waals surface area contributed by atoms with Gasteiger partial charge in [-0.3, -0.25) is 0 Å². The average molecular weight is 304 g/mol. The summed E-state index contributed by atoms with van der Waals surface area (Å²) in [6, 6.07) is 4.80. The summed E-state index contributed by atoms with van der Waals surface area (Å²) in [5, 5.41) is 12.5. The van der Waals surface area contributed by atoms with Crippen molar-refractivity contribution in [3.05, 3.63) is 42.0 Å². The smallest absolute Gasteiger partial charge is 0.422 e. The van der Waals surface area contributed by atoms with E-state index in [1.54, 1.807) is 0 Å². The van der Waals surface area contributed by atoms with Gasteiger partial charge in [-0.25, -0.2) is 13.9 Å². The summed E-state index contributed by atoms with van der Waals surface area (Å²) in [6.45, 7) is -1.64. The number of nitrogens with zero attached hydrogens (tertiary/aromatic N) is 2. The van der Waals surface area contributed by atoms with E-state index in [0.717, 1.165) is 23.0 Å². The van der Waals surface area contributed by atoms with Gasteiger partial charge in [-0.05, 0) is 24.3 Å². The van der Waals surface area contributed by atoms with Gasteiger partial charge in [0, 0.05) is 0 Å². The summed E-state index contributed by atoms with van der Waals surface area (Å²) in [4.78, 5) is 10.9. The van der Waals surface area contributed by atoms with E-state index in [9.17, 15) is 22.4 Å². The van der Waals surface area contributed by atoms with Gasteiger partial charge in [-0.15, -0.1) is 0 Å². The minimum absolute atomic E-state index is 0.278. The third kappa shape index (κ3) is 3.71. The Bertz CT molecular complexity index is 650. The summed E-state index contributed by atoms with van der Waals surface area (Å²) in [5.74, 6) is -2.57. The lowest BCUT2D eigenvalue weighted by Gasteiger charge is -2.07. The Balaban J connectivity index is 2.32. The molecule has 0 radical (unpaired) electrons. The number of ether oxygens (including phenoxy) is 1. The minimum atomic E-state index is -4.60. The van der Waals surface area contributed by atoms with E-state index in [1.165, 1.54) is 12.1 Å². The van der Waals surface area contributed by atoms with Gasteiger partial charge in [-0.1, -0.05) is 0 Å². The highest BCUT2D eigenvalue weighted by Gasteiger charge is 2.30. The zero-order valence-electron chi connectivity index (χ0n) is 10.3. The molecule has 0 unspecified atom stereocenters. The number of aromatic carboxylic acids is 1. The molecule has 0 aliphatic rings. The molecule has 21 heavy (non-hydrogen) atoms. The molecule has 1 aromatic heterocycles. The van der Waals surface area contributed by atoms with Crippen LogP contribution < -0.4 is 4.74 Å². The lowest BCUT2D eigenvalue weighted by atomic mass is 10.3. The van der Waals surface area contributed by atoms with Crippen LogP contribution in [0.1, 0.15) is 10.5 Å². The van der Waals surface area contributed by atoms with Crippen LogP contribution in [0.4, 0.5) is 17.6 Å². The van der Waals surface area contributed by atoms with Crippen molar-refractivity contribution in [1.29, 1.82) is 0 Å². The van der Waals surface area contributed by atoms with Crippen molar-refractivity contribution in [2.24, 2.45) is 0 Å². The highest BCUT2D eigenvalue weighted by Crippen LogP contribution is 2.23. The number of hydrogen-bond acceptors (Lipinski definition) is 3. The zero-order valence-corrected chi connectivity index (χ0v) is 10.3. The van der Waals surface area contributed by atoms with E-state index >= 15 is 0 Å². The number of hydrogen-bond donors (Lipinski definition) is 1. The molecular formula is C12H8F4N2O3. The molecular weight excluding hydrogens is 296 g/mol. The molecule has 112 valence electrons. The molecule has 1 N–H and O–H groups in total. The first-order valence-corrected chi connectivity index (χ1v) is 5.55. The molecule has 2 rings (SSSR count). The Morgan fingerprint density at radius 1 is 1.29 bits per heavy atom. The van der Waals surface area contributed by atoms with Gasteiger partial charge in [-0.2, -0.15) is 18.3 Å². The Kier molecular flexibility index (Phi) is 3.83. The Labute approximate surface area is 115 Å². The fourth-order valence-electron chi connectivity index (χ4n) is 1.50. The number of alkyl halides is 3. The molecule has 0 spiro atoms. The van der Waals surface area contributed by atoms with E-state index < -0.39 is 36.0 Å². The molecule has 1 heterocycles. The van der Waals surface area contributed by atoms with Crippen LogP contribution in [0.3, 0.4) is 0 Å². The quantitative estimate of drug-likeness (QED) is 0.882. The van der Waals surface area contributed by atoms with Crippen LogP contribution in [0, 0.1) is 5.82 Å². The number of aromatic nitrogens is 2. The van der Waals surface area contributed by atoms with Gasteiger partial charge < -0.3 is 9.84 Å². The van der Waals surface area contributed by atoms with E-state index in [2.05, 4.69) is 9.84 Å². The van der Waals surface area contributed by atoms with Crippen molar-refractivity contribution in [2.75, 3.05) is 6.61 Å². The first kappa shape index (κ1) is 14.8. The van der Waals surface area contributed by atoms with Gasteiger partial charge in [0.2, 0.25) is 5.69 Å². The van der Waals surface area contributed by atoms with Crippen LogP contribution in [0.25, 0.3) is 5.69 Å². The zero-order chi connectivity index (χ0) is 15.6. The summed E-state index contributed by atoms with van der Waals surface area (Å²) >= 11 is 0. The number of halogens is 4. The lowest BCUT2D eigenvalue weighted by Crippen LogP contribution is -2.19. The maximum absolute atomic E-state index is 12.8. The van der Waals surface area contributed by atoms with E-state index in [-0.39, 0.29) is 5.69 Å². The van der Waals surface area contributed by atoms with Crippen LogP contribution in [0.2, 0.25) is 0 Å². The molecule has 0 aliphatic heterocycles. The van der Waals surface area contributed by atoms with Crippen LogP contribution in [-0.2, 0) is 0 Å². The van der Waals surface area contributed by atoms with Crippen molar-refractivity contribution >= 4 is 5.97 Å². The molecule has 0 bridgehead atoms. The molecule has 0 atom stereocenters. The first-order valence-electron chi connectivity index (χ1n) is 5.55. The summed E-state index contributed by atoms with van der Waals surface area (Å²) in [5.41, 5.74) is -0.385. The highest BCUT2D eigenvalue weighted by molar-refractivity contribution is 5.88. The molecule has 5 nitrogen and oxygen atoms in total. The Hall–Kier alpha value is -2.58. The van der Waals surface area contributed by atoms with Crippen LogP contribution in [0.5, 0.6) is 5.75 Å². The second kappa shape index (κ2) is 5.43. The van der Waals surface area contributed by atoms with Crippen molar-refractivity contribution < 1.29 is 32.2 Å². The third-order valence-corrected chi connectivity index (χ3v) is 2.37. The van der Waals surface area contributed by atoms with E-state index in [1.807, 2.05) is 0 Å². The fraction of sp³-hybridized carbons (Fsp3) is 0.167. The molecule has 0 saturated heterocycles. The second-order valence-electron chi connectivity index (χ2n) is 3.97. The van der Waals surface area contributed by atoms with Gasteiger partial charge in [0.15, 0.2) is 12.4 Å². The normalized spacial score (nSPS) is 11.4. The van der Waals surface area contributed by atoms with E-state index in [4.69, 9.17) is 5.11 Å². The minimum Gasteiger partial charge on any atom is -0.480 e. The monoisotopic (exact) mass is 304 g/mol. The highest BCUT2D eigenvalue weighted by atomic mass is 19.4. The number of benzene rings is 1. The van der Waals surface area contributed by atoms with Crippen LogP contribution in [-0.4, -0.2) is 33.6 Å². The Morgan fingerprint density at radius 2 is 1.90 bits per heavy atom. The van der Waals surface area contributed by atoms with Crippen LogP contribution in [0.15, 0.2) is 30.5 Å². The van der Waals surface area contributed by atoms with Crippen LogP contribution >= 0.6 is 0 Å².